The molecule has 0 spiro atoms. The predicted octanol–water partition coefficient (Wildman–Crippen LogP) is 0.839. The van der Waals surface area contributed by atoms with Gasteiger partial charge in [0.05, 0.1) is 11.7 Å². The van der Waals surface area contributed by atoms with Crippen LogP contribution in [-0.4, -0.2) is 55.5 Å². The molecule has 0 aliphatic carbocycles. The first-order valence-electron chi connectivity index (χ1n) is 10.3. The number of para-hydroxylation sites is 1. The van der Waals surface area contributed by atoms with Crippen LogP contribution >= 0.6 is 0 Å². The van der Waals surface area contributed by atoms with E-state index in [1.165, 1.54) is 6.33 Å². The highest BCUT2D eigenvalue weighted by molar-refractivity contribution is 5.90. The van der Waals surface area contributed by atoms with Crippen LogP contribution in [0.25, 0.3) is 5.69 Å². The second-order valence-corrected chi connectivity index (χ2v) is 7.59. The lowest BCUT2D eigenvalue weighted by atomic mass is 10.1. The van der Waals surface area contributed by atoms with Crippen LogP contribution in [0.3, 0.4) is 0 Å². The first kappa shape index (κ1) is 20.7. The second kappa shape index (κ2) is 9.48. The third kappa shape index (κ3) is 4.77. The molecule has 3 aromatic rings. The van der Waals surface area contributed by atoms with Gasteiger partial charge in [-0.2, -0.15) is 0 Å². The van der Waals surface area contributed by atoms with Gasteiger partial charge in [0, 0.05) is 13.1 Å². The quantitative estimate of drug-likeness (QED) is 0.586. The Hall–Kier alpha value is -3.59. The van der Waals surface area contributed by atoms with Gasteiger partial charge in [-0.05, 0) is 46.9 Å². The third-order valence-electron chi connectivity index (χ3n) is 5.49. The first-order valence-corrected chi connectivity index (χ1v) is 10.3. The number of likely N-dealkylation sites (tertiary alicyclic amines) is 1. The van der Waals surface area contributed by atoms with E-state index >= 15 is 0 Å². The fourth-order valence-electron chi connectivity index (χ4n) is 3.93. The molecule has 1 aromatic heterocycles. The fourth-order valence-corrected chi connectivity index (χ4v) is 3.93. The summed E-state index contributed by atoms with van der Waals surface area (Å²) in [7, 11) is 0. The van der Waals surface area contributed by atoms with Crippen LogP contribution in [0.5, 0.6) is 0 Å². The van der Waals surface area contributed by atoms with Gasteiger partial charge in [0.25, 0.3) is 0 Å². The number of nitrogens with one attached hydrogen (secondary N) is 1. The van der Waals surface area contributed by atoms with Gasteiger partial charge in [-0.3, -0.25) is 9.59 Å². The van der Waals surface area contributed by atoms with Crippen molar-refractivity contribution in [1.29, 1.82) is 0 Å². The number of rotatable bonds is 7. The smallest absolute Gasteiger partial charge is 0.243 e. The largest absolute Gasteiger partial charge is 0.350 e. The first-order chi connectivity index (χ1) is 15.1. The summed E-state index contributed by atoms with van der Waals surface area (Å²) in [4.78, 5) is 27.5. The van der Waals surface area contributed by atoms with E-state index in [1.807, 2.05) is 54.6 Å². The number of benzene rings is 2. The van der Waals surface area contributed by atoms with Crippen molar-refractivity contribution >= 4 is 11.8 Å². The molecule has 3 N–H and O–H groups in total. The van der Waals surface area contributed by atoms with Crippen LogP contribution in [0.2, 0.25) is 0 Å². The van der Waals surface area contributed by atoms with E-state index in [4.69, 9.17) is 5.73 Å². The molecule has 2 aromatic carbocycles. The monoisotopic (exact) mass is 419 g/mol. The Morgan fingerprint density at radius 3 is 2.68 bits per heavy atom. The van der Waals surface area contributed by atoms with Crippen LogP contribution in [0.4, 0.5) is 0 Å². The summed E-state index contributed by atoms with van der Waals surface area (Å²) in [6.07, 6.45) is 3.36. The molecule has 9 nitrogen and oxygen atoms in total. The van der Waals surface area contributed by atoms with E-state index in [1.54, 1.807) is 9.58 Å². The highest BCUT2D eigenvalue weighted by atomic mass is 16.2. The molecule has 4 rings (SSSR count). The van der Waals surface area contributed by atoms with Crippen molar-refractivity contribution in [2.75, 3.05) is 6.54 Å². The Bertz CT molecular complexity index is 1020. The van der Waals surface area contributed by atoms with Crippen molar-refractivity contribution in [3.8, 4) is 5.69 Å². The van der Waals surface area contributed by atoms with Gasteiger partial charge in [-0.1, -0.05) is 48.5 Å². The lowest BCUT2D eigenvalue weighted by molar-refractivity contribution is -0.139. The molecule has 2 heterocycles. The standard InChI is InChI=1S/C22H25N7O2/c23-18(13-16-7-2-1-3-8-16)22(31)28-12-6-11-20(28)21(30)24-14-17-9-4-5-10-19(17)29-15-25-26-27-29/h1-5,7-10,15,18,20H,6,11-14,23H2,(H,24,30)/t18-,20+/m1/s1. The minimum absolute atomic E-state index is 0.177. The average molecular weight is 419 g/mol. The number of hydrogen-bond acceptors (Lipinski definition) is 6. The number of carbonyl (C=O) groups is 2. The summed E-state index contributed by atoms with van der Waals surface area (Å²) in [5.74, 6) is -0.361. The Balaban J connectivity index is 1.39. The molecule has 2 atom stereocenters. The van der Waals surface area contributed by atoms with Gasteiger partial charge < -0.3 is 16.0 Å². The number of nitrogens with zero attached hydrogens (tertiary/aromatic N) is 5. The highest BCUT2D eigenvalue weighted by Crippen LogP contribution is 2.20. The van der Waals surface area contributed by atoms with Crippen LogP contribution in [0.15, 0.2) is 60.9 Å². The molecule has 1 saturated heterocycles. The summed E-state index contributed by atoms with van der Waals surface area (Å²) in [5.41, 5.74) is 8.85. The molecule has 1 aliphatic rings. The molecule has 0 unspecified atom stereocenters. The topological polar surface area (TPSA) is 119 Å². The van der Waals surface area contributed by atoms with E-state index in [0.717, 1.165) is 23.2 Å². The zero-order valence-electron chi connectivity index (χ0n) is 17.1. The number of amides is 2. The Morgan fingerprint density at radius 1 is 1.13 bits per heavy atom. The molecule has 1 aliphatic heterocycles. The summed E-state index contributed by atoms with van der Waals surface area (Å²) in [5, 5.41) is 14.2. The highest BCUT2D eigenvalue weighted by Gasteiger charge is 2.36. The maximum absolute atomic E-state index is 12.9. The molecule has 160 valence electrons. The molecule has 1 fully saturated rings. The lowest BCUT2D eigenvalue weighted by Crippen LogP contribution is -2.51. The van der Waals surface area contributed by atoms with Gasteiger partial charge in [0.1, 0.15) is 12.4 Å². The lowest BCUT2D eigenvalue weighted by Gasteiger charge is -2.27. The normalized spacial score (nSPS) is 16.8. The van der Waals surface area contributed by atoms with Crippen molar-refractivity contribution in [3.63, 3.8) is 0 Å². The molecular weight excluding hydrogens is 394 g/mol. The number of hydrogen-bond donors (Lipinski definition) is 2. The van der Waals surface area contributed by atoms with E-state index in [2.05, 4.69) is 20.8 Å². The molecule has 0 bridgehead atoms. The SMILES string of the molecule is N[C@H](Cc1ccccc1)C(=O)N1CCC[C@H]1C(=O)NCc1ccccc1-n1cnnn1. The van der Waals surface area contributed by atoms with Gasteiger partial charge in [0.2, 0.25) is 11.8 Å². The number of aromatic nitrogens is 4. The second-order valence-electron chi connectivity index (χ2n) is 7.59. The maximum atomic E-state index is 12.9. The average Bonchev–Trinajstić information content (AvgIpc) is 3.50. The zero-order valence-corrected chi connectivity index (χ0v) is 17.1. The van der Waals surface area contributed by atoms with Gasteiger partial charge in [-0.25, -0.2) is 4.68 Å². The molecule has 0 saturated carbocycles. The minimum Gasteiger partial charge on any atom is -0.350 e. The Kier molecular flexibility index (Phi) is 6.32. The maximum Gasteiger partial charge on any atom is 0.243 e. The summed E-state index contributed by atoms with van der Waals surface area (Å²) in [6, 6.07) is 16.1. The molecule has 2 amide bonds. The Morgan fingerprint density at radius 2 is 1.90 bits per heavy atom. The summed E-state index contributed by atoms with van der Waals surface area (Å²) >= 11 is 0. The van der Waals surface area contributed by atoms with Crippen LogP contribution in [0, 0.1) is 0 Å². The number of nitrogens with two attached hydrogens (primary N) is 1. The van der Waals surface area contributed by atoms with Crippen molar-refractivity contribution in [1.82, 2.24) is 30.4 Å². The molecule has 0 radical (unpaired) electrons. The zero-order chi connectivity index (χ0) is 21.6. The van der Waals surface area contributed by atoms with E-state index < -0.39 is 12.1 Å². The molecule has 31 heavy (non-hydrogen) atoms. The van der Waals surface area contributed by atoms with Crippen LogP contribution in [0.1, 0.15) is 24.0 Å². The van der Waals surface area contributed by atoms with Crippen molar-refractivity contribution in [2.45, 2.75) is 37.9 Å². The molecule has 9 heteroatoms. The van der Waals surface area contributed by atoms with Crippen molar-refractivity contribution in [2.24, 2.45) is 5.73 Å². The van der Waals surface area contributed by atoms with Crippen molar-refractivity contribution in [3.05, 3.63) is 72.1 Å². The Labute approximate surface area is 180 Å². The van der Waals surface area contributed by atoms with Gasteiger partial charge in [-0.15, -0.1) is 5.10 Å². The van der Waals surface area contributed by atoms with Gasteiger partial charge >= 0.3 is 0 Å². The fraction of sp³-hybridized carbons (Fsp3) is 0.318. The number of carbonyl (C=O) groups excluding carboxylic acids is 2. The van der Waals surface area contributed by atoms with Crippen LogP contribution in [-0.2, 0) is 22.6 Å². The minimum atomic E-state index is -0.670. The van der Waals surface area contributed by atoms with Crippen LogP contribution < -0.4 is 11.1 Å². The van der Waals surface area contributed by atoms with E-state index in [0.29, 0.717) is 25.9 Å². The van der Waals surface area contributed by atoms with Crippen molar-refractivity contribution < 1.29 is 9.59 Å². The summed E-state index contributed by atoms with van der Waals surface area (Å²) < 4.78 is 1.55. The van der Waals surface area contributed by atoms with Gasteiger partial charge in [0.15, 0.2) is 0 Å². The van der Waals surface area contributed by atoms with E-state index in [9.17, 15) is 9.59 Å². The number of tetrazole rings is 1. The summed E-state index contributed by atoms with van der Waals surface area (Å²) in [6.45, 7) is 0.851. The van der Waals surface area contributed by atoms with E-state index in [-0.39, 0.29) is 11.8 Å². The predicted molar refractivity (Wildman–Crippen MR) is 114 cm³/mol. The molecular formula is C22H25N7O2. The third-order valence-corrected chi connectivity index (χ3v) is 5.49.